The van der Waals surface area contributed by atoms with Gasteiger partial charge in [0.2, 0.25) is 0 Å². The summed E-state index contributed by atoms with van der Waals surface area (Å²) in [6.07, 6.45) is 0.834. The number of thiazole rings is 1. The highest BCUT2D eigenvalue weighted by atomic mass is 35.5. The summed E-state index contributed by atoms with van der Waals surface area (Å²) in [4.78, 5) is 4.37. The van der Waals surface area contributed by atoms with Crippen molar-refractivity contribution in [3.05, 3.63) is 48.3 Å². The third kappa shape index (κ3) is 2.66. The van der Waals surface area contributed by atoms with Crippen molar-refractivity contribution in [2.45, 2.75) is 13.3 Å². The Morgan fingerprint density at radius 1 is 1.31 bits per heavy atom. The molecule has 0 saturated carbocycles. The van der Waals surface area contributed by atoms with Gasteiger partial charge in [-0.05, 0) is 36.8 Å². The summed E-state index contributed by atoms with van der Waals surface area (Å²) in [5, 5.41) is 1.18. The van der Waals surface area contributed by atoms with Crippen LogP contribution >= 0.6 is 46.8 Å². The second kappa shape index (κ2) is 4.88. The zero-order valence-electron chi connectivity index (χ0n) is 8.51. The molecule has 0 unspecified atom stereocenters. The SMILES string of the molecule is Cc1[nH]c(=S)sc1Cc1ccc(Cl)c(Cl)c1. The van der Waals surface area contributed by atoms with Gasteiger partial charge < -0.3 is 4.98 Å². The Bertz CT molecular complexity index is 572. The van der Waals surface area contributed by atoms with E-state index in [9.17, 15) is 0 Å². The van der Waals surface area contributed by atoms with Gasteiger partial charge in [-0.25, -0.2) is 0 Å². The standard InChI is InChI=1S/C11H9Cl2NS2/c1-6-10(16-11(15)14-6)5-7-2-3-8(12)9(13)4-7/h2-4H,5H2,1H3,(H,14,15). The fourth-order valence-corrected chi connectivity index (χ4v) is 3.09. The summed E-state index contributed by atoms with van der Waals surface area (Å²) < 4.78 is 0.813. The number of benzene rings is 1. The second-order valence-electron chi connectivity index (χ2n) is 3.49. The first kappa shape index (κ1) is 12.1. The van der Waals surface area contributed by atoms with Gasteiger partial charge in [0.05, 0.1) is 10.0 Å². The van der Waals surface area contributed by atoms with Crippen LogP contribution < -0.4 is 0 Å². The van der Waals surface area contributed by atoms with Crippen molar-refractivity contribution in [2.24, 2.45) is 0 Å². The first-order valence-electron chi connectivity index (χ1n) is 4.69. The Balaban J connectivity index is 2.30. The first-order valence-corrected chi connectivity index (χ1v) is 6.67. The number of aromatic amines is 1. The predicted molar refractivity (Wildman–Crippen MR) is 73.5 cm³/mol. The normalized spacial score (nSPS) is 10.7. The summed E-state index contributed by atoms with van der Waals surface area (Å²) in [7, 11) is 0. The van der Waals surface area contributed by atoms with Gasteiger partial charge in [-0.15, -0.1) is 11.3 Å². The molecule has 16 heavy (non-hydrogen) atoms. The topological polar surface area (TPSA) is 15.8 Å². The highest BCUT2D eigenvalue weighted by Gasteiger charge is 2.05. The summed E-state index contributed by atoms with van der Waals surface area (Å²) in [6, 6.07) is 5.70. The van der Waals surface area contributed by atoms with Crippen LogP contribution in [-0.2, 0) is 6.42 Å². The molecular weight excluding hydrogens is 281 g/mol. The molecule has 0 saturated heterocycles. The average molecular weight is 290 g/mol. The van der Waals surface area contributed by atoms with Crippen molar-refractivity contribution in [3.63, 3.8) is 0 Å². The fourth-order valence-electron chi connectivity index (χ4n) is 1.44. The molecule has 0 fully saturated rings. The monoisotopic (exact) mass is 289 g/mol. The van der Waals surface area contributed by atoms with Gasteiger partial charge in [-0.1, -0.05) is 29.3 Å². The molecule has 1 aromatic carbocycles. The summed E-state index contributed by atoms with van der Waals surface area (Å²) in [5.41, 5.74) is 2.27. The van der Waals surface area contributed by atoms with Gasteiger partial charge in [-0.3, -0.25) is 0 Å². The van der Waals surface area contributed by atoms with Crippen LogP contribution in [0.4, 0.5) is 0 Å². The van der Waals surface area contributed by atoms with Crippen LogP contribution in [0.25, 0.3) is 0 Å². The Labute approximate surface area is 113 Å². The zero-order valence-corrected chi connectivity index (χ0v) is 11.7. The van der Waals surface area contributed by atoms with E-state index in [0.29, 0.717) is 10.0 Å². The third-order valence-electron chi connectivity index (χ3n) is 2.27. The van der Waals surface area contributed by atoms with Crippen molar-refractivity contribution in [2.75, 3.05) is 0 Å². The summed E-state index contributed by atoms with van der Waals surface area (Å²) in [6.45, 7) is 2.03. The van der Waals surface area contributed by atoms with E-state index in [0.717, 1.165) is 21.6 Å². The molecule has 84 valence electrons. The minimum atomic E-state index is 0.587. The van der Waals surface area contributed by atoms with Gasteiger partial charge in [0.1, 0.15) is 0 Å². The van der Waals surface area contributed by atoms with E-state index in [1.807, 2.05) is 25.1 Å². The van der Waals surface area contributed by atoms with E-state index in [4.69, 9.17) is 35.4 Å². The molecule has 0 amide bonds. The number of halogens is 2. The van der Waals surface area contributed by atoms with Crippen LogP contribution in [0.5, 0.6) is 0 Å². The quantitative estimate of drug-likeness (QED) is 0.768. The molecular formula is C11H9Cl2NS2. The number of hydrogen-bond acceptors (Lipinski definition) is 2. The molecule has 0 spiro atoms. The van der Waals surface area contributed by atoms with Crippen LogP contribution in [0.3, 0.4) is 0 Å². The maximum Gasteiger partial charge on any atom is 0.158 e. The molecule has 2 aromatic rings. The van der Waals surface area contributed by atoms with Gasteiger partial charge in [0.25, 0.3) is 0 Å². The predicted octanol–water partition coefficient (Wildman–Crippen LogP) is 5.01. The van der Waals surface area contributed by atoms with Gasteiger partial charge in [0, 0.05) is 17.0 Å². The average Bonchev–Trinajstić information content (AvgIpc) is 2.51. The lowest BCUT2D eigenvalue weighted by Crippen LogP contribution is -1.87. The highest BCUT2D eigenvalue weighted by molar-refractivity contribution is 7.73. The van der Waals surface area contributed by atoms with Crippen LogP contribution in [0, 0.1) is 10.9 Å². The Hall–Kier alpha value is -0.350. The molecule has 1 N–H and O–H groups in total. The van der Waals surface area contributed by atoms with E-state index < -0.39 is 0 Å². The Kier molecular flexibility index (Phi) is 3.70. The molecule has 0 radical (unpaired) electrons. The lowest BCUT2D eigenvalue weighted by Gasteiger charge is -2.02. The summed E-state index contributed by atoms with van der Waals surface area (Å²) in [5.74, 6) is 0. The second-order valence-corrected chi connectivity index (χ2v) is 6.07. The number of hydrogen-bond donors (Lipinski definition) is 1. The third-order valence-corrected chi connectivity index (χ3v) is 4.35. The van der Waals surface area contributed by atoms with Crippen LogP contribution in [0.15, 0.2) is 18.2 Å². The molecule has 1 aromatic heterocycles. The van der Waals surface area contributed by atoms with E-state index in [1.165, 1.54) is 4.88 Å². The van der Waals surface area contributed by atoms with E-state index in [1.54, 1.807) is 11.3 Å². The number of nitrogens with one attached hydrogen (secondary N) is 1. The van der Waals surface area contributed by atoms with E-state index in [-0.39, 0.29) is 0 Å². The first-order chi connectivity index (χ1) is 7.56. The molecule has 0 aliphatic carbocycles. The lowest BCUT2D eigenvalue weighted by atomic mass is 10.1. The smallest absolute Gasteiger partial charge is 0.158 e. The van der Waals surface area contributed by atoms with Crippen LogP contribution in [0.1, 0.15) is 16.1 Å². The maximum atomic E-state index is 5.97. The fraction of sp³-hybridized carbons (Fsp3) is 0.182. The van der Waals surface area contributed by atoms with Crippen molar-refractivity contribution < 1.29 is 0 Å². The Morgan fingerprint density at radius 3 is 2.62 bits per heavy atom. The van der Waals surface area contributed by atoms with Crippen LogP contribution in [0.2, 0.25) is 10.0 Å². The number of aryl methyl sites for hydroxylation is 1. The molecule has 0 bridgehead atoms. The van der Waals surface area contributed by atoms with Crippen LogP contribution in [-0.4, -0.2) is 4.98 Å². The minimum Gasteiger partial charge on any atom is -0.341 e. The van der Waals surface area contributed by atoms with Gasteiger partial charge in [-0.2, -0.15) is 0 Å². The molecule has 1 nitrogen and oxygen atoms in total. The zero-order chi connectivity index (χ0) is 11.7. The van der Waals surface area contributed by atoms with Crippen molar-refractivity contribution >= 4 is 46.8 Å². The lowest BCUT2D eigenvalue weighted by molar-refractivity contribution is 1.14. The molecule has 0 aliphatic heterocycles. The number of H-pyrrole nitrogens is 1. The summed E-state index contributed by atoms with van der Waals surface area (Å²) >= 11 is 18.5. The number of aromatic nitrogens is 1. The molecule has 1 heterocycles. The minimum absolute atomic E-state index is 0.587. The van der Waals surface area contributed by atoms with Crippen molar-refractivity contribution in [1.82, 2.24) is 4.98 Å². The van der Waals surface area contributed by atoms with Crippen molar-refractivity contribution in [3.8, 4) is 0 Å². The molecule has 2 rings (SSSR count). The van der Waals surface area contributed by atoms with E-state index >= 15 is 0 Å². The largest absolute Gasteiger partial charge is 0.341 e. The number of rotatable bonds is 2. The molecule has 0 atom stereocenters. The van der Waals surface area contributed by atoms with Gasteiger partial charge >= 0.3 is 0 Å². The highest BCUT2D eigenvalue weighted by Crippen LogP contribution is 2.25. The van der Waals surface area contributed by atoms with Gasteiger partial charge in [0.15, 0.2) is 3.95 Å². The van der Waals surface area contributed by atoms with Crippen molar-refractivity contribution in [1.29, 1.82) is 0 Å². The molecule has 0 aliphatic rings. The maximum absolute atomic E-state index is 5.97. The molecule has 5 heteroatoms. The Morgan fingerprint density at radius 2 is 2.06 bits per heavy atom. The van der Waals surface area contributed by atoms with E-state index in [2.05, 4.69) is 4.98 Å².